The number of hydrogen-bond acceptors (Lipinski definition) is 3. The molecular formula is C8H18N2OS. The van der Waals surface area contributed by atoms with Gasteiger partial charge in [0.1, 0.15) is 0 Å². The highest BCUT2D eigenvalue weighted by atomic mass is 32.2. The Bertz CT molecular complexity index is 151. The van der Waals surface area contributed by atoms with E-state index in [-0.39, 0.29) is 0 Å². The van der Waals surface area contributed by atoms with E-state index in [1.54, 1.807) is 7.11 Å². The van der Waals surface area contributed by atoms with E-state index < -0.39 is 0 Å². The van der Waals surface area contributed by atoms with Crippen molar-refractivity contribution in [2.75, 3.05) is 51.9 Å². The molecule has 0 aromatic rings. The normalized spacial score (nSPS) is 21.2. The molecule has 12 heavy (non-hydrogen) atoms. The molecular weight excluding hydrogens is 172 g/mol. The van der Waals surface area contributed by atoms with Crippen LogP contribution in [0.1, 0.15) is 0 Å². The van der Waals surface area contributed by atoms with E-state index in [2.05, 4.69) is 9.26 Å². The molecule has 0 amide bonds. The van der Waals surface area contributed by atoms with Crippen LogP contribution in [-0.2, 0) is 15.4 Å². The van der Waals surface area contributed by atoms with Gasteiger partial charge < -0.3 is 4.74 Å². The van der Waals surface area contributed by atoms with Gasteiger partial charge in [0.05, 0.1) is 6.61 Å². The Morgan fingerprint density at radius 3 is 2.58 bits per heavy atom. The summed E-state index contributed by atoms with van der Waals surface area (Å²) >= 11 is 0. The fourth-order valence-electron chi connectivity index (χ4n) is 1.31. The Kier molecular flexibility index (Phi) is 4.80. The predicted octanol–water partition coefficient (Wildman–Crippen LogP) is 0.380. The van der Waals surface area contributed by atoms with Crippen molar-refractivity contribution in [3.8, 4) is 0 Å². The number of hydrogen-bond donors (Lipinski definition) is 0. The van der Waals surface area contributed by atoms with E-state index in [1.807, 2.05) is 7.05 Å². The summed E-state index contributed by atoms with van der Waals surface area (Å²) in [6.45, 7) is 4.34. The Labute approximate surface area is 77.2 Å². The fourth-order valence-corrected chi connectivity index (χ4v) is 2.82. The van der Waals surface area contributed by atoms with Gasteiger partial charge in [-0.1, -0.05) is 10.7 Å². The molecule has 1 aliphatic heterocycles. The van der Waals surface area contributed by atoms with Crippen molar-refractivity contribution >= 4 is 10.7 Å². The molecule has 0 atom stereocenters. The van der Waals surface area contributed by atoms with E-state index in [1.165, 1.54) is 24.6 Å². The largest absolute Gasteiger partial charge is 0.383 e. The second kappa shape index (κ2) is 5.67. The minimum atomic E-state index is 0.365. The van der Waals surface area contributed by atoms with Gasteiger partial charge in [-0.3, -0.25) is 9.26 Å². The lowest BCUT2D eigenvalue weighted by Gasteiger charge is -2.27. The van der Waals surface area contributed by atoms with Gasteiger partial charge in [0.2, 0.25) is 0 Å². The lowest BCUT2D eigenvalue weighted by molar-refractivity contribution is 0.153. The van der Waals surface area contributed by atoms with Crippen molar-refractivity contribution in [1.29, 1.82) is 0 Å². The van der Waals surface area contributed by atoms with E-state index in [0.29, 0.717) is 10.7 Å². The zero-order valence-electron chi connectivity index (χ0n) is 7.95. The lowest BCUT2D eigenvalue weighted by atomic mass is 10.5. The summed E-state index contributed by atoms with van der Waals surface area (Å²) < 4.78 is 9.37. The van der Waals surface area contributed by atoms with Crippen LogP contribution in [0, 0.1) is 0 Å². The molecule has 0 spiro atoms. The van der Waals surface area contributed by atoms with Crippen molar-refractivity contribution in [3.05, 3.63) is 0 Å². The zero-order chi connectivity index (χ0) is 8.81. The van der Waals surface area contributed by atoms with Crippen LogP contribution in [0.2, 0.25) is 0 Å². The molecule has 1 saturated heterocycles. The van der Waals surface area contributed by atoms with Gasteiger partial charge in [-0.05, 0) is 0 Å². The Hall–Kier alpha value is 0.0700. The Morgan fingerprint density at radius 2 is 2.08 bits per heavy atom. The van der Waals surface area contributed by atoms with Gasteiger partial charge in [0, 0.05) is 45.3 Å². The van der Waals surface area contributed by atoms with Crippen molar-refractivity contribution in [1.82, 2.24) is 4.90 Å². The lowest BCUT2D eigenvalue weighted by Crippen LogP contribution is -2.39. The molecule has 1 aliphatic rings. The molecule has 0 N–H and O–H groups in total. The summed E-state index contributed by atoms with van der Waals surface area (Å²) in [7, 11) is 4.06. The van der Waals surface area contributed by atoms with Gasteiger partial charge in [0.15, 0.2) is 0 Å². The molecule has 0 unspecified atom stereocenters. The van der Waals surface area contributed by atoms with Crippen LogP contribution >= 0.6 is 0 Å². The van der Waals surface area contributed by atoms with E-state index >= 15 is 0 Å². The topological polar surface area (TPSA) is 24.8 Å². The Morgan fingerprint density at radius 1 is 1.42 bits per heavy atom. The number of rotatable bonds is 3. The van der Waals surface area contributed by atoms with Crippen molar-refractivity contribution in [3.63, 3.8) is 0 Å². The number of ether oxygens (including phenoxy) is 1. The molecule has 0 aliphatic carbocycles. The van der Waals surface area contributed by atoms with E-state index in [0.717, 1.165) is 13.2 Å². The summed E-state index contributed by atoms with van der Waals surface area (Å²) in [6.07, 6.45) is 0. The van der Waals surface area contributed by atoms with Crippen LogP contribution in [0.15, 0.2) is 4.36 Å². The molecule has 0 aromatic carbocycles. The minimum absolute atomic E-state index is 0.365. The highest BCUT2D eigenvalue weighted by molar-refractivity contribution is 7.87. The first-order chi connectivity index (χ1) is 5.86. The maximum atomic E-state index is 5.03. The summed E-state index contributed by atoms with van der Waals surface area (Å²) in [6, 6.07) is 0. The first-order valence-electron chi connectivity index (χ1n) is 4.35. The first kappa shape index (κ1) is 10.2. The number of nitrogens with zero attached hydrogens (tertiary/aromatic N) is 2. The molecule has 1 heterocycles. The average molecular weight is 190 g/mol. The molecule has 4 heteroatoms. The quantitative estimate of drug-likeness (QED) is 0.643. The van der Waals surface area contributed by atoms with Crippen LogP contribution in [0.4, 0.5) is 0 Å². The van der Waals surface area contributed by atoms with Gasteiger partial charge in [-0.25, -0.2) is 0 Å². The van der Waals surface area contributed by atoms with Crippen molar-refractivity contribution < 1.29 is 4.74 Å². The van der Waals surface area contributed by atoms with Gasteiger partial charge in [-0.15, -0.1) is 0 Å². The van der Waals surface area contributed by atoms with Crippen LogP contribution in [0.25, 0.3) is 0 Å². The van der Waals surface area contributed by atoms with Crippen molar-refractivity contribution in [2.24, 2.45) is 4.36 Å². The molecule has 1 fully saturated rings. The monoisotopic (exact) mass is 190 g/mol. The summed E-state index contributed by atoms with van der Waals surface area (Å²) in [5.41, 5.74) is 0. The van der Waals surface area contributed by atoms with Crippen LogP contribution < -0.4 is 0 Å². The third-order valence-corrected chi connectivity index (χ3v) is 3.98. The molecule has 0 bridgehead atoms. The molecule has 0 saturated carbocycles. The smallest absolute Gasteiger partial charge is 0.0589 e. The van der Waals surface area contributed by atoms with Crippen LogP contribution in [-0.4, -0.2) is 56.8 Å². The minimum Gasteiger partial charge on any atom is -0.383 e. The molecule has 3 nitrogen and oxygen atoms in total. The highest BCUT2D eigenvalue weighted by Gasteiger charge is 2.12. The first-order valence-corrected chi connectivity index (χ1v) is 5.87. The van der Waals surface area contributed by atoms with Gasteiger partial charge >= 0.3 is 0 Å². The highest BCUT2D eigenvalue weighted by Crippen LogP contribution is 2.01. The van der Waals surface area contributed by atoms with Gasteiger partial charge in [0.25, 0.3) is 0 Å². The molecule has 0 radical (unpaired) electrons. The predicted molar refractivity (Wildman–Crippen MR) is 53.8 cm³/mol. The third kappa shape index (κ3) is 3.21. The second-order valence-electron chi connectivity index (χ2n) is 2.89. The molecule has 72 valence electrons. The van der Waals surface area contributed by atoms with Gasteiger partial charge in [-0.2, -0.15) is 0 Å². The fraction of sp³-hybridized carbons (Fsp3) is 1.00. The van der Waals surface area contributed by atoms with E-state index in [9.17, 15) is 0 Å². The standard InChI is InChI=1S/C8H18N2OS/c1-9-12-7-4-10(5-8-12)3-6-11-2/h3-8H2,1-2H3. The zero-order valence-corrected chi connectivity index (χ0v) is 8.77. The summed E-state index contributed by atoms with van der Waals surface area (Å²) in [5, 5.41) is 0. The van der Waals surface area contributed by atoms with Crippen LogP contribution in [0.3, 0.4) is 0 Å². The van der Waals surface area contributed by atoms with Crippen LogP contribution in [0.5, 0.6) is 0 Å². The third-order valence-electron chi connectivity index (χ3n) is 2.16. The van der Waals surface area contributed by atoms with E-state index in [4.69, 9.17) is 4.74 Å². The maximum absolute atomic E-state index is 5.03. The summed E-state index contributed by atoms with van der Waals surface area (Å²) in [5.74, 6) is 2.50. The average Bonchev–Trinajstić information content (AvgIpc) is 2.15. The SMILES string of the molecule is CN=S1CCN(CCOC)CC1. The van der Waals surface area contributed by atoms with Crippen molar-refractivity contribution in [2.45, 2.75) is 0 Å². The second-order valence-corrected chi connectivity index (χ2v) is 4.99. The number of methoxy groups -OCH3 is 1. The molecule has 0 aromatic heterocycles. The summed E-state index contributed by atoms with van der Waals surface area (Å²) in [4.78, 5) is 2.46. The maximum Gasteiger partial charge on any atom is 0.0589 e. The Balaban J connectivity index is 2.17. The molecule has 1 rings (SSSR count).